The first-order valence-corrected chi connectivity index (χ1v) is 9.95. The highest BCUT2D eigenvalue weighted by Crippen LogP contribution is 2.17. The van der Waals surface area contributed by atoms with Gasteiger partial charge in [0.1, 0.15) is 12.3 Å². The van der Waals surface area contributed by atoms with Gasteiger partial charge in [0, 0.05) is 30.2 Å². The number of aromatic hydroxyl groups is 1. The summed E-state index contributed by atoms with van der Waals surface area (Å²) >= 11 is 0. The molecule has 0 bridgehead atoms. The van der Waals surface area contributed by atoms with Crippen LogP contribution in [-0.4, -0.2) is 43.1 Å². The van der Waals surface area contributed by atoms with E-state index in [2.05, 4.69) is 10.6 Å². The molecule has 3 rings (SSSR count). The van der Waals surface area contributed by atoms with Crippen molar-refractivity contribution < 1.29 is 19.5 Å². The van der Waals surface area contributed by atoms with Crippen molar-refractivity contribution in [3.05, 3.63) is 84.9 Å². The Hall–Kier alpha value is -4.33. The minimum Gasteiger partial charge on any atom is -0.508 e. The molecule has 4 amide bonds. The van der Waals surface area contributed by atoms with Crippen LogP contribution >= 0.6 is 0 Å². The third-order valence-corrected chi connectivity index (χ3v) is 4.68. The summed E-state index contributed by atoms with van der Waals surface area (Å²) in [5, 5.41) is 14.5. The van der Waals surface area contributed by atoms with E-state index in [1.165, 1.54) is 21.9 Å². The highest BCUT2D eigenvalue weighted by atomic mass is 16.3. The summed E-state index contributed by atoms with van der Waals surface area (Å²) in [4.78, 5) is 40.7. The van der Waals surface area contributed by atoms with E-state index in [1.807, 2.05) is 24.3 Å². The molecule has 164 valence electrons. The van der Waals surface area contributed by atoms with Gasteiger partial charge in [-0.2, -0.15) is 0 Å². The van der Waals surface area contributed by atoms with Crippen LogP contribution in [0.15, 0.2) is 84.9 Å². The lowest BCUT2D eigenvalue weighted by Gasteiger charge is -2.25. The van der Waals surface area contributed by atoms with Crippen molar-refractivity contribution in [2.45, 2.75) is 0 Å². The SMILES string of the molecule is CN(C(=O)CN(C(=O)CNC(=O)Nc1cccc(O)c1)c1ccccc1)c1ccccc1. The summed E-state index contributed by atoms with van der Waals surface area (Å²) in [6, 6.07) is 23.4. The Morgan fingerprint density at radius 3 is 2.06 bits per heavy atom. The second-order valence-corrected chi connectivity index (χ2v) is 6.96. The Morgan fingerprint density at radius 2 is 1.44 bits per heavy atom. The number of para-hydroxylation sites is 2. The predicted molar refractivity (Wildman–Crippen MR) is 124 cm³/mol. The summed E-state index contributed by atoms with van der Waals surface area (Å²) < 4.78 is 0. The third kappa shape index (κ3) is 6.09. The van der Waals surface area contributed by atoms with Crippen molar-refractivity contribution in [2.75, 3.05) is 35.3 Å². The Bertz CT molecular complexity index is 1070. The molecule has 8 nitrogen and oxygen atoms in total. The molecule has 3 aromatic carbocycles. The average molecular weight is 432 g/mol. The minimum absolute atomic E-state index is 0.00942. The Kier molecular flexibility index (Phi) is 7.42. The van der Waals surface area contributed by atoms with Gasteiger partial charge < -0.3 is 25.5 Å². The van der Waals surface area contributed by atoms with Gasteiger partial charge in [0.05, 0.1) is 6.54 Å². The number of carbonyl (C=O) groups excluding carboxylic acids is 3. The molecule has 0 aromatic heterocycles. The molecule has 0 heterocycles. The van der Waals surface area contributed by atoms with Crippen LogP contribution in [0.3, 0.4) is 0 Å². The first-order valence-electron chi connectivity index (χ1n) is 9.95. The van der Waals surface area contributed by atoms with Gasteiger partial charge in [-0.25, -0.2) is 4.79 Å². The molecule has 0 saturated carbocycles. The van der Waals surface area contributed by atoms with E-state index in [4.69, 9.17) is 0 Å². The van der Waals surface area contributed by atoms with Crippen LogP contribution < -0.4 is 20.4 Å². The fourth-order valence-electron chi connectivity index (χ4n) is 2.98. The van der Waals surface area contributed by atoms with Crippen molar-refractivity contribution in [3.63, 3.8) is 0 Å². The first kappa shape index (κ1) is 22.4. The average Bonchev–Trinajstić information content (AvgIpc) is 2.81. The molecule has 0 unspecified atom stereocenters. The van der Waals surface area contributed by atoms with Gasteiger partial charge in [0.25, 0.3) is 0 Å². The maximum Gasteiger partial charge on any atom is 0.319 e. The van der Waals surface area contributed by atoms with Gasteiger partial charge in [-0.05, 0) is 36.4 Å². The van der Waals surface area contributed by atoms with Crippen LogP contribution in [0, 0.1) is 0 Å². The Labute approximate surface area is 186 Å². The number of likely N-dealkylation sites (N-methyl/N-ethyl adjacent to an activating group) is 1. The van der Waals surface area contributed by atoms with E-state index in [1.54, 1.807) is 55.6 Å². The molecular formula is C24H24N4O4. The fourth-order valence-corrected chi connectivity index (χ4v) is 2.98. The number of benzene rings is 3. The molecule has 3 N–H and O–H groups in total. The number of urea groups is 1. The second kappa shape index (κ2) is 10.6. The van der Waals surface area contributed by atoms with Crippen molar-refractivity contribution in [1.29, 1.82) is 0 Å². The van der Waals surface area contributed by atoms with Crippen LogP contribution in [0.1, 0.15) is 0 Å². The van der Waals surface area contributed by atoms with E-state index in [0.717, 1.165) is 0 Å². The van der Waals surface area contributed by atoms with Crippen LogP contribution in [0.2, 0.25) is 0 Å². The highest BCUT2D eigenvalue weighted by Gasteiger charge is 2.22. The van der Waals surface area contributed by atoms with E-state index in [9.17, 15) is 19.5 Å². The van der Waals surface area contributed by atoms with Gasteiger partial charge in [0.2, 0.25) is 11.8 Å². The number of anilines is 3. The quantitative estimate of drug-likeness (QED) is 0.534. The number of phenolic OH excluding ortho intramolecular Hbond substituents is 1. The van der Waals surface area contributed by atoms with Crippen molar-refractivity contribution in [1.82, 2.24) is 5.32 Å². The molecule has 32 heavy (non-hydrogen) atoms. The molecule has 0 spiro atoms. The molecule has 0 aliphatic rings. The number of amides is 4. The molecule has 0 fully saturated rings. The highest BCUT2D eigenvalue weighted by molar-refractivity contribution is 6.05. The Morgan fingerprint density at radius 1 is 0.812 bits per heavy atom. The molecule has 8 heteroatoms. The molecule has 3 aromatic rings. The molecule has 0 radical (unpaired) electrons. The van der Waals surface area contributed by atoms with Gasteiger partial charge >= 0.3 is 6.03 Å². The molecule has 0 atom stereocenters. The standard InChI is InChI=1S/C24H24N4O4/c1-27(19-10-4-2-5-11-19)23(31)17-28(20-12-6-3-7-13-20)22(30)16-25-24(32)26-18-9-8-14-21(29)15-18/h2-15,29H,16-17H2,1H3,(H2,25,26,32). The van der Waals surface area contributed by atoms with Crippen LogP contribution in [0.25, 0.3) is 0 Å². The number of rotatable bonds is 7. The normalized spacial score (nSPS) is 10.2. The van der Waals surface area contributed by atoms with E-state index in [0.29, 0.717) is 17.1 Å². The smallest absolute Gasteiger partial charge is 0.319 e. The molecule has 0 aliphatic heterocycles. The van der Waals surface area contributed by atoms with Crippen LogP contribution in [-0.2, 0) is 9.59 Å². The van der Waals surface area contributed by atoms with E-state index < -0.39 is 11.9 Å². The maximum absolute atomic E-state index is 12.9. The minimum atomic E-state index is -0.607. The lowest BCUT2D eigenvalue weighted by molar-refractivity contribution is -0.121. The zero-order valence-electron chi connectivity index (χ0n) is 17.6. The fraction of sp³-hybridized carbons (Fsp3) is 0.125. The largest absolute Gasteiger partial charge is 0.508 e. The summed E-state index contributed by atoms with van der Waals surface area (Å²) in [5.74, 6) is -0.718. The van der Waals surface area contributed by atoms with E-state index in [-0.39, 0.29) is 24.7 Å². The van der Waals surface area contributed by atoms with Crippen molar-refractivity contribution in [3.8, 4) is 5.75 Å². The predicted octanol–water partition coefficient (Wildman–Crippen LogP) is 3.21. The maximum atomic E-state index is 12.9. The van der Waals surface area contributed by atoms with Gasteiger partial charge in [0.15, 0.2) is 0 Å². The zero-order valence-corrected chi connectivity index (χ0v) is 17.6. The van der Waals surface area contributed by atoms with Crippen molar-refractivity contribution >= 4 is 34.9 Å². The second-order valence-electron chi connectivity index (χ2n) is 6.96. The third-order valence-electron chi connectivity index (χ3n) is 4.68. The summed E-state index contributed by atoms with van der Waals surface area (Å²) in [6.07, 6.45) is 0. The monoisotopic (exact) mass is 432 g/mol. The number of hydrogen-bond acceptors (Lipinski definition) is 4. The van der Waals surface area contributed by atoms with Crippen LogP contribution in [0.5, 0.6) is 5.75 Å². The number of hydrogen-bond donors (Lipinski definition) is 3. The van der Waals surface area contributed by atoms with Gasteiger partial charge in [-0.1, -0.05) is 42.5 Å². The number of nitrogens with one attached hydrogen (secondary N) is 2. The summed E-state index contributed by atoms with van der Waals surface area (Å²) in [7, 11) is 1.65. The number of nitrogens with zero attached hydrogens (tertiary/aromatic N) is 2. The van der Waals surface area contributed by atoms with E-state index >= 15 is 0 Å². The number of carbonyl (C=O) groups is 3. The lowest BCUT2D eigenvalue weighted by Crippen LogP contribution is -2.46. The molecular weight excluding hydrogens is 408 g/mol. The van der Waals surface area contributed by atoms with Gasteiger partial charge in [-0.15, -0.1) is 0 Å². The van der Waals surface area contributed by atoms with Crippen LogP contribution in [0.4, 0.5) is 21.9 Å². The summed E-state index contributed by atoms with van der Waals surface area (Å²) in [5.41, 5.74) is 1.64. The molecule has 0 saturated heterocycles. The molecule has 0 aliphatic carbocycles. The van der Waals surface area contributed by atoms with Crippen molar-refractivity contribution in [2.24, 2.45) is 0 Å². The topological polar surface area (TPSA) is 102 Å². The summed E-state index contributed by atoms with van der Waals surface area (Å²) in [6.45, 7) is -0.508. The first-order chi connectivity index (χ1) is 15.4. The lowest BCUT2D eigenvalue weighted by atomic mass is 10.2. The Balaban J connectivity index is 1.66. The zero-order chi connectivity index (χ0) is 22.9. The number of phenols is 1. The van der Waals surface area contributed by atoms with Gasteiger partial charge in [-0.3, -0.25) is 9.59 Å².